The molecule has 72 valence electrons. The summed E-state index contributed by atoms with van der Waals surface area (Å²) in [7, 11) is 0. The lowest BCUT2D eigenvalue weighted by Gasteiger charge is -2.02. The lowest BCUT2D eigenvalue weighted by Crippen LogP contribution is -1.92. The number of aromatic nitrogens is 2. The number of aryl methyl sites for hydroxylation is 1. The van der Waals surface area contributed by atoms with Gasteiger partial charge in [0.2, 0.25) is 0 Å². The van der Waals surface area contributed by atoms with Crippen molar-refractivity contribution in [3.8, 4) is 0 Å². The van der Waals surface area contributed by atoms with Crippen molar-refractivity contribution in [2.24, 2.45) is 0 Å². The van der Waals surface area contributed by atoms with E-state index in [1.807, 2.05) is 0 Å². The summed E-state index contributed by atoms with van der Waals surface area (Å²) >= 11 is 11.5. The van der Waals surface area contributed by atoms with E-state index in [0.717, 1.165) is 0 Å². The summed E-state index contributed by atoms with van der Waals surface area (Å²) in [6.45, 7) is 1.68. The molecule has 0 aliphatic carbocycles. The molecule has 1 heterocycles. The van der Waals surface area contributed by atoms with Gasteiger partial charge in [-0.1, -0.05) is 23.2 Å². The summed E-state index contributed by atoms with van der Waals surface area (Å²) in [6, 6.07) is 2.75. The SMILES string of the molecule is Cc1nc(Cl)c2c(F)cc(Cl)cc2n1. The Bertz CT molecular complexity index is 471. The van der Waals surface area contributed by atoms with E-state index in [4.69, 9.17) is 23.2 Å². The van der Waals surface area contributed by atoms with Crippen LogP contribution in [0.5, 0.6) is 0 Å². The van der Waals surface area contributed by atoms with E-state index in [0.29, 0.717) is 16.4 Å². The molecule has 2 nitrogen and oxygen atoms in total. The predicted molar refractivity (Wildman–Crippen MR) is 54.3 cm³/mol. The number of benzene rings is 1. The van der Waals surface area contributed by atoms with E-state index in [2.05, 4.69) is 9.97 Å². The highest BCUT2D eigenvalue weighted by atomic mass is 35.5. The fourth-order valence-corrected chi connectivity index (χ4v) is 1.76. The van der Waals surface area contributed by atoms with Crippen LogP contribution >= 0.6 is 23.2 Å². The van der Waals surface area contributed by atoms with Gasteiger partial charge in [-0.3, -0.25) is 0 Å². The number of hydrogen-bond acceptors (Lipinski definition) is 2. The Hall–Kier alpha value is -0.930. The first-order chi connectivity index (χ1) is 6.58. The van der Waals surface area contributed by atoms with Crippen LogP contribution in [-0.4, -0.2) is 9.97 Å². The maximum atomic E-state index is 13.4. The average molecular weight is 231 g/mol. The van der Waals surface area contributed by atoms with Crippen LogP contribution in [0.3, 0.4) is 0 Å². The second kappa shape index (κ2) is 3.33. The first-order valence-electron chi connectivity index (χ1n) is 3.87. The maximum Gasteiger partial charge on any atom is 0.143 e. The molecule has 1 aromatic carbocycles. The van der Waals surface area contributed by atoms with Gasteiger partial charge in [0.1, 0.15) is 16.8 Å². The summed E-state index contributed by atoms with van der Waals surface area (Å²) < 4.78 is 13.4. The Kier molecular flexibility index (Phi) is 2.29. The number of rotatable bonds is 0. The highest BCUT2D eigenvalue weighted by Crippen LogP contribution is 2.26. The molecule has 0 saturated heterocycles. The van der Waals surface area contributed by atoms with Crippen molar-refractivity contribution in [1.82, 2.24) is 9.97 Å². The molecule has 1 aromatic heterocycles. The Balaban J connectivity index is 2.94. The van der Waals surface area contributed by atoms with Crippen molar-refractivity contribution in [1.29, 1.82) is 0 Å². The zero-order valence-corrected chi connectivity index (χ0v) is 8.69. The van der Waals surface area contributed by atoms with Crippen LogP contribution in [0.4, 0.5) is 4.39 Å². The summed E-state index contributed by atoms with van der Waals surface area (Å²) in [5, 5.41) is 0.618. The lowest BCUT2D eigenvalue weighted by molar-refractivity contribution is 0.639. The zero-order valence-electron chi connectivity index (χ0n) is 7.18. The molecule has 0 radical (unpaired) electrons. The van der Waals surface area contributed by atoms with E-state index in [9.17, 15) is 4.39 Å². The summed E-state index contributed by atoms with van der Waals surface area (Å²) in [4.78, 5) is 7.90. The molecule has 2 aromatic rings. The van der Waals surface area contributed by atoms with Gasteiger partial charge in [0.05, 0.1) is 10.9 Å². The summed E-state index contributed by atoms with van der Waals surface area (Å²) in [5.41, 5.74) is 0.424. The number of nitrogens with zero attached hydrogens (tertiary/aromatic N) is 2. The van der Waals surface area contributed by atoms with Crippen LogP contribution in [0, 0.1) is 12.7 Å². The number of halogens is 3. The van der Waals surface area contributed by atoms with Crippen LogP contribution in [0.15, 0.2) is 12.1 Å². The van der Waals surface area contributed by atoms with Gasteiger partial charge < -0.3 is 0 Å². The molecule has 0 atom stereocenters. The highest BCUT2D eigenvalue weighted by molar-refractivity contribution is 6.35. The largest absolute Gasteiger partial charge is 0.233 e. The normalized spacial score (nSPS) is 10.9. The number of hydrogen-bond donors (Lipinski definition) is 0. The molecule has 0 saturated carbocycles. The van der Waals surface area contributed by atoms with Crippen molar-refractivity contribution in [3.05, 3.63) is 34.0 Å². The molecule has 0 bridgehead atoms. The van der Waals surface area contributed by atoms with Gasteiger partial charge in [-0.25, -0.2) is 14.4 Å². The minimum atomic E-state index is -0.502. The van der Waals surface area contributed by atoms with Gasteiger partial charge >= 0.3 is 0 Å². The molecule has 0 unspecified atom stereocenters. The molecular formula is C9H5Cl2FN2. The van der Waals surface area contributed by atoms with Crippen LogP contribution in [-0.2, 0) is 0 Å². The standard InChI is InChI=1S/C9H5Cl2FN2/c1-4-13-7-3-5(10)2-6(12)8(7)9(11)14-4/h2-3H,1H3. The average Bonchev–Trinajstić information content (AvgIpc) is 1.99. The number of fused-ring (bicyclic) bond motifs is 1. The van der Waals surface area contributed by atoms with Crippen LogP contribution < -0.4 is 0 Å². The van der Waals surface area contributed by atoms with Crippen LogP contribution in [0.2, 0.25) is 10.2 Å². The van der Waals surface area contributed by atoms with Gasteiger partial charge in [-0.05, 0) is 19.1 Å². The molecule has 0 aliphatic rings. The lowest BCUT2D eigenvalue weighted by atomic mass is 10.2. The van der Waals surface area contributed by atoms with E-state index in [1.165, 1.54) is 6.07 Å². The van der Waals surface area contributed by atoms with Gasteiger partial charge in [0, 0.05) is 5.02 Å². The van der Waals surface area contributed by atoms with Gasteiger partial charge in [0.25, 0.3) is 0 Å². The first kappa shape index (κ1) is 9.62. The zero-order chi connectivity index (χ0) is 10.3. The van der Waals surface area contributed by atoms with Crippen molar-refractivity contribution in [3.63, 3.8) is 0 Å². The molecule has 14 heavy (non-hydrogen) atoms. The second-order valence-corrected chi connectivity index (χ2v) is 3.64. The van der Waals surface area contributed by atoms with Crippen molar-refractivity contribution in [2.45, 2.75) is 6.92 Å². The third kappa shape index (κ3) is 1.53. The molecule has 0 aliphatic heterocycles. The predicted octanol–water partition coefficient (Wildman–Crippen LogP) is 3.38. The van der Waals surface area contributed by atoms with Gasteiger partial charge in [-0.15, -0.1) is 0 Å². The van der Waals surface area contributed by atoms with E-state index >= 15 is 0 Å². The summed E-state index contributed by atoms with van der Waals surface area (Å²) in [5.74, 6) is -0.0123. The minimum Gasteiger partial charge on any atom is -0.233 e. The molecule has 0 spiro atoms. The molecular weight excluding hydrogens is 226 g/mol. The third-order valence-corrected chi connectivity index (χ3v) is 2.27. The summed E-state index contributed by atoms with van der Waals surface area (Å²) in [6.07, 6.45) is 0. The fraction of sp³-hybridized carbons (Fsp3) is 0.111. The molecule has 5 heteroatoms. The Morgan fingerprint density at radius 3 is 2.64 bits per heavy atom. The van der Waals surface area contributed by atoms with E-state index < -0.39 is 5.82 Å². The van der Waals surface area contributed by atoms with Gasteiger partial charge in [0.15, 0.2) is 0 Å². The minimum absolute atomic E-state index is 0.113. The Morgan fingerprint density at radius 2 is 1.93 bits per heavy atom. The molecule has 0 fully saturated rings. The third-order valence-electron chi connectivity index (χ3n) is 1.78. The van der Waals surface area contributed by atoms with E-state index in [-0.39, 0.29) is 10.5 Å². The highest BCUT2D eigenvalue weighted by Gasteiger charge is 2.09. The Morgan fingerprint density at radius 1 is 1.21 bits per heavy atom. The topological polar surface area (TPSA) is 25.8 Å². The fourth-order valence-electron chi connectivity index (χ4n) is 1.25. The van der Waals surface area contributed by atoms with Crippen molar-refractivity contribution >= 4 is 34.1 Å². The quantitative estimate of drug-likeness (QED) is 0.649. The molecule has 0 N–H and O–H groups in total. The molecule has 2 rings (SSSR count). The maximum absolute atomic E-state index is 13.4. The van der Waals surface area contributed by atoms with Crippen molar-refractivity contribution in [2.75, 3.05) is 0 Å². The Labute approximate surface area is 89.7 Å². The smallest absolute Gasteiger partial charge is 0.143 e. The van der Waals surface area contributed by atoms with Crippen molar-refractivity contribution < 1.29 is 4.39 Å². The monoisotopic (exact) mass is 230 g/mol. The van der Waals surface area contributed by atoms with Crippen LogP contribution in [0.25, 0.3) is 10.9 Å². The second-order valence-electron chi connectivity index (χ2n) is 2.84. The van der Waals surface area contributed by atoms with Crippen LogP contribution in [0.1, 0.15) is 5.82 Å². The van der Waals surface area contributed by atoms with E-state index in [1.54, 1.807) is 13.0 Å². The first-order valence-corrected chi connectivity index (χ1v) is 4.62. The molecule has 0 amide bonds. The van der Waals surface area contributed by atoms with Gasteiger partial charge in [-0.2, -0.15) is 0 Å².